The van der Waals surface area contributed by atoms with Gasteiger partial charge in [-0.3, -0.25) is 19.7 Å². The molecule has 1 atom stereocenters. The first-order chi connectivity index (χ1) is 10.1. The van der Waals surface area contributed by atoms with Gasteiger partial charge in [-0.2, -0.15) is 0 Å². The molecule has 1 aromatic carbocycles. The Morgan fingerprint density at radius 3 is 2.95 bits per heavy atom. The lowest BCUT2D eigenvalue weighted by Crippen LogP contribution is -2.59. The summed E-state index contributed by atoms with van der Waals surface area (Å²) in [6, 6.07) is 6.82. The number of carbonyl (C=O) groups is 3. The Bertz CT molecular complexity index is 737. The molecule has 108 valence electrons. The zero-order valence-electron chi connectivity index (χ0n) is 11.4. The minimum Gasteiger partial charge on any atom is -0.321 e. The molecule has 1 unspecified atom stereocenters. The molecule has 7 nitrogen and oxygen atoms in total. The van der Waals surface area contributed by atoms with E-state index in [0.717, 1.165) is 11.0 Å². The van der Waals surface area contributed by atoms with E-state index in [1.807, 2.05) is 24.3 Å². The maximum Gasteiger partial charge on any atom is 0.249 e. The third-order valence-electron chi connectivity index (χ3n) is 3.58. The Balaban J connectivity index is 1.82. The van der Waals surface area contributed by atoms with Gasteiger partial charge in [0, 0.05) is 0 Å². The number of hydrogen-bond acceptors (Lipinski definition) is 4. The number of imidazole rings is 1. The zero-order chi connectivity index (χ0) is 15.0. The highest BCUT2D eigenvalue weighted by Gasteiger charge is 2.33. The number of aromatic nitrogens is 2. The number of nitrogens with one attached hydrogen (secondary N) is 1. The average molecular weight is 286 g/mol. The van der Waals surface area contributed by atoms with E-state index >= 15 is 0 Å². The smallest absolute Gasteiger partial charge is 0.249 e. The lowest BCUT2D eigenvalue weighted by atomic mass is 10.2. The summed E-state index contributed by atoms with van der Waals surface area (Å²) in [5.74, 6) is -1.19. The van der Waals surface area contributed by atoms with Crippen LogP contribution >= 0.6 is 0 Å². The molecule has 3 amide bonds. The quantitative estimate of drug-likeness (QED) is 0.782. The Labute approximate surface area is 120 Å². The van der Waals surface area contributed by atoms with E-state index in [-0.39, 0.29) is 19.0 Å². The summed E-state index contributed by atoms with van der Waals surface area (Å²) in [5.41, 5.74) is 1.64. The van der Waals surface area contributed by atoms with E-state index in [2.05, 4.69) is 10.3 Å². The van der Waals surface area contributed by atoms with Crippen LogP contribution in [0.3, 0.4) is 0 Å². The van der Waals surface area contributed by atoms with Gasteiger partial charge in [0.1, 0.15) is 19.1 Å². The second kappa shape index (κ2) is 5.01. The number of benzene rings is 1. The van der Waals surface area contributed by atoms with E-state index in [1.54, 1.807) is 17.8 Å². The standard InChI is InChI=1S/C14H14N4O3/c1-9-14(21)16-12(19)6-18(9)13(20)7-17-8-15-10-4-2-3-5-11(10)17/h2-5,8-9H,6-7H2,1H3,(H,16,19,21). The van der Waals surface area contributed by atoms with Crippen molar-refractivity contribution in [1.82, 2.24) is 19.8 Å². The predicted octanol–water partition coefficient (Wildman–Crippen LogP) is -0.0902. The fourth-order valence-electron chi connectivity index (χ4n) is 2.39. The van der Waals surface area contributed by atoms with Crippen molar-refractivity contribution in [2.45, 2.75) is 19.5 Å². The van der Waals surface area contributed by atoms with Crippen LogP contribution < -0.4 is 5.32 Å². The van der Waals surface area contributed by atoms with Gasteiger partial charge in [0.05, 0.1) is 17.4 Å². The second-order valence-electron chi connectivity index (χ2n) is 4.97. The lowest BCUT2D eigenvalue weighted by molar-refractivity contribution is -0.149. The molecule has 1 aliphatic rings. The summed E-state index contributed by atoms with van der Waals surface area (Å²) in [7, 11) is 0. The number of fused-ring (bicyclic) bond motifs is 1. The number of nitrogens with zero attached hydrogens (tertiary/aromatic N) is 3. The number of carbonyl (C=O) groups excluding carboxylic acids is 3. The van der Waals surface area contributed by atoms with Crippen LogP contribution in [-0.4, -0.2) is 44.8 Å². The van der Waals surface area contributed by atoms with E-state index in [1.165, 1.54) is 4.90 Å². The minimum absolute atomic E-state index is 0.0470. The van der Waals surface area contributed by atoms with Crippen LogP contribution in [0.4, 0.5) is 0 Å². The average Bonchev–Trinajstić information content (AvgIpc) is 2.86. The molecule has 0 bridgehead atoms. The fraction of sp³-hybridized carbons (Fsp3) is 0.286. The Morgan fingerprint density at radius 1 is 1.38 bits per heavy atom. The molecule has 1 saturated heterocycles. The molecule has 21 heavy (non-hydrogen) atoms. The van der Waals surface area contributed by atoms with Crippen molar-refractivity contribution in [2.75, 3.05) is 6.54 Å². The van der Waals surface area contributed by atoms with Crippen molar-refractivity contribution in [3.63, 3.8) is 0 Å². The molecule has 2 aromatic rings. The first-order valence-corrected chi connectivity index (χ1v) is 6.59. The number of imide groups is 1. The molecule has 1 fully saturated rings. The van der Waals surface area contributed by atoms with Crippen LogP contribution in [-0.2, 0) is 20.9 Å². The molecular weight excluding hydrogens is 272 g/mol. The summed E-state index contributed by atoms with van der Waals surface area (Å²) in [5, 5.41) is 2.21. The number of rotatable bonds is 2. The first-order valence-electron chi connectivity index (χ1n) is 6.59. The maximum atomic E-state index is 12.4. The topological polar surface area (TPSA) is 84.3 Å². The van der Waals surface area contributed by atoms with Gasteiger partial charge >= 0.3 is 0 Å². The molecule has 1 N–H and O–H groups in total. The van der Waals surface area contributed by atoms with E-state index in [0.29, 0.717) is 0 Å². The van der Waals surface area contributed by atoms with Crippen molar-refractivity contribution in [3.05, 3.63) is 30.6 Å². The van der Waals surface area contributed by atoms with Crippen LogP contribution in [0.15, 0.2) is 30.6 Å². The van der Waals surface area contributed by atoms with E-state index < -0.39 is 17.9 Å². The largest absolute Gasteiger partial charge is 0.321 e. The Morgan fingerprint density at radius 2 is 2.14 bits per heavy atom. The molecule has 0 radical (unpaired) electrons. The zero-order valence-corrected chi connectivity index (χ0v) is 11.4. The van der Waals surface area contributed by atoms with Crippen LogP contribution in [0.5, 0.6) is 0 Å². The fourth-order valence-corrected chi connectivity index (χ4v) is 2.39. The summed E-state index contributed by atoms with van der Waals surface area (Å²) >= 11 is 0. The second-order valence-corrected chi connectivity index (χ2v) is 4.97. The molecular formula is C14H14N4O3. The lowest BCUT2D eigenvalue weighted by Gasteiger charge is -2.31. The predicted molar refractivity (Wildman–Crippen MR) is 74.1 cm³/mol. The monoisotopic (exact) mass is 286 g/mol. The van der Waals surface area contributed by atoms with Gasteiger partial charge in [-0.1, -0.05) is 12.1 Å². The van der Waals surface area contributed by atoms with Gasteiger partial charge in [0.25, 0.3) is 0 Å². The molecule has 7 heteroatoms. The van der Waals surface area contributed by atoms with Crippen molar-refractivity contribution in [3.8, 4) is 0 Å². The Kier molecular flexibility index (Phi) is 3.17. The van der Waals surface area contributed by atoms with Crippen LogP contribution in [0, 0.1) is 0 Å². The van der Waals surface area contributed by atoms with Gasteiger partial charge in [0.15, 0.2) is 0 Å². The molecule has 0 aliphatic carbocycles. The van der Waals surface area contributed by atoms with E-state index in [4.69, 9.17) is 0 Å². The minimum atomic E-state index is -0.648. The third-order valence-corrected chi connectivity index (χ3v) is 3.58. The van der Waals surface area contributed by atoms with Gasteiger partial charge in [0.2, 0.25) is 17.7 Å². The van der Waals surface area contributed by atoms with Crippen LogP contribution in [0.2, 0.25) is 0 Å². The maximum absolute atomic E-state index is 12.4. The summed E-state index contributed by atoms with van der Waals surface area (Å²) in [6.07, 6.45) is 1.58. The highest BCUT2D eigenvalue weighted by molar-refractivity contribution is 6.04. The molecule has 3 rings (SSSR count). The number of amides is 3. The van der Waals surface area contributed by atoms with Gasteiger partial charge in [-0.05, 0) is 19.1 Å². The molecule has 1 aromatic heterocycles. The van der Waals surface area contributed by atoms with Crippen molar-refractivity contribution in [1.29, 1.82) is 0 Å². The number of piperazine rings is 1. The van der Waals surface area contributed by atoms with Crippen LogP contribution in [0.25, 0.3) is 11.0 Å². The van der Waals surface area contributed by atoms with E-state index in [9.17, 15) is 14.4 Å². The van der Waals surface area contributed by atoms with Gasteiger partial charge in [-0.25, -0.2) is 4.98 Å². The van der Waals surface area contributed by atoms with Gasteiger partial charge < -0.3 is 9.47 Å². The summed E-state index contributed by atoms with van der Waals surface area (Å²) in [6.45, 7) is 1.55. The highest BCUT2D eigenvalue weighted by atomic mass is 16.2. The number of hydrogen-bond donors (Lipinski definition) is 1. The van der Waals surface area contributed by atoms with Crippen molar-refractivity contribution in [2.24, 2.45) is 0 Å². The third kappa shape index (κ3) is 2.37. The molecule has 0 spiro atoms. The SMILES string of the molecule is CC1C(=O)NC(=O)CN1C(=O)Cn1cnc2ccccc21. The van der Waals surface area contributed by atoms with Crippen molar-refractivity contribution < 1.29 is 14.4 Å². The van der Waals surface area contributed by atoms with Crippen molar-refractivity contribution >= 4 is 28.8 Å². The Hall–Kier alpha value is -2.70. The highest BCUT2D eigenvalue weighted by Crippen LogP contribution is 2.13. The molecule has 0 saturated carbocycles. The number of para-hydroxylation sites is 2. The summed E-state index contributed by atoms with van der Waals surface area (Å²) < 4.78 is 1.71. The van der Waals surface area contributed by atoms with Gasteiger partial charge in [-0.15, -0.1) is 0 Å². The van der Waals surface area contributed by atoms with Crippen LogP contribution in [0.1, 0.15) is 6.92 Å². The normalized spacial score (nSPS) is 18.9. The molecule has 2 heterocycles. The molecule has 1 aliphatic heterocycles. The first kappa shape index (κ1) is 13.3. The summed E-state index contributed by atoms with van der Waals surface area (Å²) in [4.78, 5) is 40.8.